The Bertz CT molecular complexity index is 593. The molecule has 0 radical (unpaired) electrons. The molecule has 0 aliphatic heterocycles. The lowest BCUT2D eigenvalue weighted by molar-refractivity contribution is 0.227. The second-order valence-corrected chi connectivity index (χ2v) is 7.20. The summed E-state index contributed by atoms with van der Waals surface area (Å²) in [7, 11) is 0. The minimum atomic E-state index is -0.501. The van der Waals surface area contributed by atoms with E-state index in [9.17, 15) is 5.11 Å². The Morgan fingerprint density at radius 2 is 1.94 bits per heavy atom. The largest absolute Gasteiger partial charge is 0.382 e. The molecule has 3 aromatic heterocycles. The average Bonchev–Trinajstić information content (AvgIpc) is 2.89. The van der Waals surface area contributed by atoms with Crippen LogP contribution in [0.2, 0.25) is 0 Å². The molecule has 0 aliphatic rings. The van der Waals surface area contributed by atoms with Gasteiger partial charge in [-0.15, -0.1) is 34.0 Å². The molecule has 5 heteroatoms. The van der Waals surface area contributed by atoms with Crippen molar-refractivity contribution in [2.75, 3.05) is 0 Å². The molecule has 0 amide bonds. The quantitative estimate of drug-likeness (QED) is 0.710. The summed E-state index contributed by atoms with van der Waals surface area (Å²) in [6.07, 6.45) is -0.501. The molecule has 3 heterocycles. The minimum absolute atomic E-state index is 0.501. The molecule has 1 nitrogen and oxygen atoms in total. The molecule has 0 saturated heterocycles. The highest BCUT2D eigenvalue weighted by molar-refractivity contribution is 9.10. The van der Waals surface area contributed by atoms with E-state index in [4.69, 9.17) is 0 Å². The number of fused-ring (bicyclic) bond motifs is 1. The van der Waals surface area contributed by atoms with E-state index >= 15 is 0 Å². The first-order chi connectivity index (χ1) is 7.75. The maximum atomic E-state index is 10.3. The zero-order valence-electron chi connectivity index (χ0n) is 8.01. The zero-order chi connectivity index (χ0) is 11.1. The van der Waals surface area contributed by atoms with Gasteiger partial charge in [0, 0.05) is 18.7 Å². The first-order valence-corrected chi connectivity index (χ1v) is 8.00. The second-order valence-electron chi connectivity index (χ2n) is 3.33. The van der Waals surface area contributed by atoms with Gasteiger partial charge in [-0.3, -0.25) is 0 Å². The predicted octanol–water partition coefficient (Wildman–Crippen LogP) is 4.87. The van der Waals surface area contributed by atoms with Gasteiger partial charge in [0.15, 0.2) is 0 Å². The van der Waals surface area contributed by atoms with Crippen molar-refractivity contribution < 1.29 is 5.11 Å². The maximum Gasteiger partial charge on any atom is 0.123 e. The van der Waals surface area contributed by atoms with Crippen molar-refractivity contribution in [3.8, 4) is 0 Å². The van der Waals surface area contributed by atoms with Gasteiger partial charge in [0.05, 0.1) is 4.88 Å². The lowest BCUT2D eigenvalue weighted by atomic mass is 10.2. The van der Waals surface area contributed by atoms with Crippen LogP contribution in [0.3, 0.4) is 0 Å². The van der Waals surface area contributed by atoms with Crippen LogP contribution >= 0.6 is 49.9 Å². The number of hydrogen-bond acceptors (Lipinski definition) is 4. The molecule has 0 aliphatic carbocycles. The topological polar surface area (TPSA) is 20.2 Å². The van der Waals surface area contributed by atoms with Crippen LogP contribution in [0.4, 0.5) is 0 Å². The monoisotopic (exact) mass is 330 g/mol. The van der Waals surface area contributed by atoms with Crippen LogP contribution in [0.5, 0.6) is 0 Å². The van der Waals surface area contributed by atoms with E-state index in [-0.39, 0.29) is 0 Å². The molecule has 1 N–H and O–H groups in total. The van der Waals surface area contributed by atoms with Crippen LogP contribution in [0.15, 0.2) is 33.4 Å². The van der Waals surface area contributed by atoms with Gasteiger partial charge in [0.25, 0.3) is 0 Å². The van der Waals surface area contributed by atoms with E-state index in [1.807, 2.05) is 11.4 Å². The molecule has 0 fully saturated rings. The Kier molecular flexibility index (Phi) is 2.89. The van der Waals surface area contributed by atoms with Crippen molar-refractivity contribution >= 4 is 59.3 Å². The molecule has 3 aromatic rings. The molecule has 0 saturated carbocycles. The number of aliphatic hydroxyl groups excluding tert-OH is 1. The number of halogens is 1. The molecule has 0 aromatic carbocycles. The summed E-state index contributed by atoms with van der Waals surface area (Å²) in [4.78, 5) is 2.00. The van der Waals surface area contributed by atoms with Crippen LogP contribution in [0, 0.1) is 0 Å². The third-order valence-corrected chi connectivity index (χ3v) is 6.39. The van der Waals surface area contributed by atoms with E-state index in [1.54, 1.807) is 34.0 Å². The van der Waals surface area contributed by atoms with Crippen molar-refractivity contribution in [2.45, 2.75) is 6.10 Å². The third-order valence-electron chi connectivity index (χ3n) is 2.32. The molecule has 1 unspecified atom stereocenters. The molecule has 0 spiro atoms. The first kappa shape index (κ1) is 10.9. The van der Waals surface area contributed by atoms with Crippen molar-refractivity contribution in [1.29, 1.82) is 0 Å². The molecule has 0 bridgehead atoms. The Morgan fingerprint density at radius 3 is 2.62 bits per heavy atom. The second kappa shape index (κ2) is 4.23. The van der Waals surface area contributed by atoms with Crippen LogP contribution in [-0.2, 0) is 0 Å². The summed E-state index contributed by atoms with van der Waals surface area (Å²) in [5, 5.41) is 14.3. The van der Waals surface area contributed by atoms with Gasteiger partial charge >= 0.3 is 0 Å². The van der Waals surface area contributed by atoms with Crippen molar-refractivity contribution in [2.24, 2.45) is 0 Å². The summed E-state index contributed by atoms with van der Waals surface area (Å²) in [5.74, 6) is 0. The molecule has 1 atom stereocenters. The van der Waals surface area contributed by atoms with Crippen molar-refractivity contribution in [1.82, 2.24) is 0 Å². The van der Waals surface area contributed by atoms with E-state index in [1.165, 1.54) is 9.40 Å². The molecular weight excluding hydrogens is 324 g/mol. The lowest BCUT2D eigenvalue weighted by Gasteiger charge is -2.06. The summed E-state index contributed by atoms with van der Waals surface area (Å²) in [5.41, 5.74) is 0. The Labute approximate surface area is 113 Å². The standard InChI is InChI=1S/C11H7BrOS3/c12-6-1-3-15-11(6)10(13)9-5-8-7(16-9)2-4-14-8/h1-5,10,13H. The highest BCUT2D eigenvalue weighted by Crippen LogP contribution is 2.39. The van der Waals surface area contributed by atoms with Gasteiger partial charge < -0.3 is 5.11 Å². The molecule has 3 rings (SSSR count). The Balaban J connectivity index is 2.04. The van der Waals surface area contributed by atoms with Gasteiger partial charge in [-0.05, 0) is 44.9 Å². The molecule has 82 valence electrons. The fraction of sp³-hybridized carbons (Fsp3) is 0.0909. The summed E-state index contributed by atoms with van der Waals surface area (Å²) < 4.78 is 3.50. The van der Waals surface area contributed by atoms with Gasteiger partial charge in [-0.25, -0.2) is 0 Å². The van der Waals surface area contributed by atoms with Gasteiger partial charge in [-0.1, -0.05) is 0 Å². The number of thiophene rings is 3. The number of aliphatic hydroxyl groups is 1. The van der Waals surface area contributed by atoms with Crippen molar-refractivity contribution in [3.63, 3.8) is 0 Å². The van der Waals surface area contributed by atoms with E-state index in [2.05, 4.69) is 33.4 Å². The third kappa shape index (κ3) is 1.76. The van der Waals surface area contributed by atoms with Crippen LogP contribution < -0.4 is 0 Å². The van der Waals surface area contributed by atoms with E-state index < -0.39 is 6.10 Å². The van der Waals surface area contributed by atoms with Crippen LogP contribution in [0.1, 0.15) is 15.9 Å². The average molecular weight is 331 g/mol. The lowest BCUT2D eigenvalue weighted by Crippen LogP contribution is -1.93. The zero-order valence-corrected chi connectivity index (χ0v) is 12.0. The first-order valence-electron chi connectivity index (χ1n) is 4.63. The van der Waals surface area contributed by atoms with E-state index in [0.717, 1.165) is 14.2 Å². The highest BCUT2D eigenvalue weighted by atomic mass is 79.9. The summed E-state index contributed by atoms with van der Waals surface area (Å²) in [6, 6.07) is 6.16. The summed E-state index contributed by atoms with van der Waals surface area (Å²) >= 11 is 8.42. The minimum Gasteiger partial charge on any atom is -0.382 e. The highest BCUT2D eigenvalue weighted by Gasteiger charge is 2.17. The Morgan fingerprint density at radius 1 is 1.12 bits per heavy atom. The fourth-order valence-electron chi connectivity index (χ4n) is 1.55. The predicted molar refractivity (Wildman–Crippen MR) is 75.8 cm³/mol. The number of hydrogen-bond donors (Lipinski definition) is 1. The van der Waals surface area contributed by atoms with Gasteiger partial charge in [-0.2, -0.15) is 0 Å². The van der Waals surface area contributed by atoms with Gasteiger partial charge in [0.1, 0.15) is 6.10 Å². The van der Waals surface area contributed by atoms with Crippen molar-refractivity contribution in [3.05, 3.63) is 43.2 Å². The summed E-state index contributed by atoms with van der Waals surface area (Å²) in [6.45, 7) is 0. The number of rotatable bonds is 2. The van der Waals surface area contributed by atoms with Crippen LogP contribution in [0.25, 0.3) is 9.40 Å². The van der Waals surface area contributed by atoms with Crippen LogP contribution in [-0.4, -0.2) is 5.11 Å². The fourth-order valence-corrected chi connectivity index (χ4v) is 5.33. The Hall–Kier alpha value is -0.200. The molecular formula is C11H7BrOS3. The van der Waals surface area contributed by atoms with E-state index in [0.29, 0.717) is 0 Å². The maximum absolute atomic E-state index is 10.3. The smallest absolute Gasteiger partial charge is 0.123 e. The normalized spacial score (nSPS) is 13.4. The SMILES string of the molecule is OC(c1cc2sccc2s1)c1sccc1Br. The molecule has 16 heavy (non-hydrogen) atoms. The van der Waals surface area contributed by atoms with Gasteiger partial charge in [0.2, 0.25) is 0 Å².